The van der Waals surface area contributed by atoms with E-state index < -0.39 is 23.7 Å². The number of aryl methyl sites for hydroxylation is 2. The van der Waals surface area contributed by atoms with Crippen LogP contribution in [-0.2, 0) is 20.7 Å². The van der Waals surface area contributed by atoms with Gasteiger partial charge in [0.25, 0.3) is 0 Å². The lowest BCUT2D eigenvalue weighted by Gasteiger charge is -2.22. The van der Waals surface area contributed by atoms with Crippen LogP contribution in [0.15, 0.2) is 18.2 Å². The molecule has 0 aliphatic heterocycles. The average Bonchev–Trinajstić information content (AvgIpc) is 2.39. The van der Waals surface area contributed by atoms with E-state index in [9.17, 15) is 9.59 Å². The van der Waals surface area contributed by atoms with E-state index in [1.165, 1.54) is 12.7 Å². The highest BCUT2D eigenvalue weighted by Gasteiger charge is 2.25. The highest BCUT2D eigenvalue weighted by atomic mass is 16.6. The summed E-state index contributed by atoms with van der Waals surface area (Å²) < 4.78 is 9.95. The van der Waals surface area contributed by atoms with Crippen LogP contribution >= 0.6 is 0 Å². The Morgan fingerprint density at radius 2 is 1.82 bits per heavy atom. The minimum atomic E-state index is -0.776. The highest BCUT2D eigenvalue weighted by molar-refractivity contribution is 5.81. The molecule has 1 atom stereocenters. The van der Waals surface area contributed by atoms with Crippen molar-refractivity contribution in [3.05, 3.63) is 34.9 Å². The molecule has 0 spiro atoms. The minimum absolute atomic E-state index is 0.354. The van der Waals surface area contributed by atoms with E-state index in [4.69, 9.17) is 9.47 Å². The Bertz CT molecular complexity index is 546. The number of ether oxygens (including phenoxy) is 2. The molecule has 5 heteroatoms. The normalized spacial score (nSPS) is 12.5. The van der Waals surface area contributed by atoms with Crippen LogP contribution < -0.4 is 5.32 Å². The molecule has 122 valence electrons. The predicted molar refractivity (Wildman–Crippen MR) is 84.8 cm³/mol. The van der Waals surface area contributed by atoms with Crippen molar-refractivity contribution in [2.24, 2.45) is 0 Å². The smallest absolute Gasteiger partial charge is 0.408 e. The summed E-state index contributed by atoms with van der Waals surface area (Å²) in [6, 6.07) is 5.16. The Morgan fingerprint density at radius 3 is 2.32 bits per heavy atom. The Hall–Kier alpha value is -2.04. The number of carbonyl (C=O) groups is 2. The summed E-state index contributed by atoms with van der Waals surface area (Å²) in [4.78, 5) is 23.7. The summed E-state index contributed by atoms with van der Waals surface area (Å²) in [5.74, 6) is -0.496. The van der Waals surface area contributed by atoms with Crippen LogP contribution in [0.25, 0.3) is 0 Å². The molecule has 0 radical (unpaired) electrons. The third kappa shape index (κ3) is 5.76. The number of hydrogen-bond donors (Lipinski definition) is 1. The van der Waals surface area contributed by atoms with Crippen molar-refractivity contribution in [1.29, 1.82) is 0 Å². The Morgan fingerprint density at radius 1 is 1.18 bits per heavy atom. The molecule has 1 N–H and O–H groups in total. The van der Waals surface area contributed by atoms with Crippen LogP contribution in [0, 0.1) is 13.8 Å². The van der Waals surface area contributed by atoms with Crippen LogP contribution in [0.3, 0.4) is 0 Å². The van der Waals surface area contributed by atoms with Gasteiger partial charge in [0, 0.05) is 6.42 Å². The van der Waals surface area contributed by atoms with Gasteiger partial charge in [0.2, 0.25) is 0 Å². The summed E-state index contributed by atoms with van der Waals surface area (Å²) in [6.07, 6.45) is -0.278. The number of nitrogens with one attached hydrogen (secondary N) is 1. The highest BCUT2D eigenvalue weighted by Crippen LogP contribution is 2.13. The summed E-state index contributed by atoms with van der Waals surface area (Å²) in [5.41, 5.74) is 2.65. The molecule has 22 heavy (non-hydrogen) atoms. The van der Waals surface area contributed by atoms with E-state index >= 15 is 0 Å². The zero-order valence-corrected chi connectivity index (χ0v) is 14.1. The van der Waals surface area contributed by atoms with Crippen molar-refractivity contribution >= 4 is 12.1 Å². The van der Waals surface area contributed by atoms with E-state index in [1.54, 1.807) is 20.8 Å². The maximum atomic E-state index is 11.9. The molecule has 0 aliphatic carbocycles. The van der Waals surface area contributed by atoms with Gasteiger partial charge in [-0.05, 0) is 51.3 Å². The molecule has 0 saturated carbocycles. The fraction of sp³-hybridized carbons (Fsp3) is 0.529. The lowest BCUT2D eigenvalue weighted by molar-refractivity contribution is -0.143. The molecule has 1 aromatic rings. The van der Waals surface area contributed by atoms with Gasteiger partial charge < -0.3 is 14.8 Å². The second-order valence-corrected chi connectivity index (χ2v) is 6.34. The van der Waals surface area contributed by atoms with E-state index in [2.05, 4.69) is 5.32 Å². The minimum Gasteiger partial charge on any atom is -0.467 e. The van der Waals surface area contributed by atoms with E-state index in [-0.39, 0.29) is 0 Å². The van der Waals surface area contributed by atoms with Crippen LogP contribution in [0.4, 0.5) is 4.79 Å². The number of esters is 1. The molecule has 0 saturated heterocycles. The molecule has 0 aliphatic rings. The first-order chi connectivity index (χ1) is 10.1. The van der Waals surface area contributed by atoms with Crippen LogP contribution in [-0.4, -0.2) is 30.8 Å². The number of hydrogen-bond acceptors (Lipinski definition) is 4. The van der Waals surface area contributed by atoms with E-state index in [0.717, 1.165) is 11.1 Å². The fourth-order valence-electron chi connectivity index (χ4n) is 1.95. The second-order valence-electron chi connectivity index (χ2n) is 6.34. The predicted octanol–water partition coefficient (Wildman–Crippen LogP) is 2.91. The van der Waals surface area contributed by atoms with Crippen molar-refractivity contribution in [1.82, 2.24) is 5.32 Å². The molecule has 0 aromatic heterocycles. The molecule has 1 amide bonds. The zero-order chi connectivity index (χ0) is 16.9. The average molecular weight is 307 g/mol. The van der Waals surface area contributed by atoms with Crippen LogP contribution in [0.2, 0.25) is 0 Å². The molecule has 5 nitrogen and oxygen atoms in total. The molecule has 0 fully saturated rings. The van der Waals surface area contributed by atoms with Crippen molar-refractivity contribution in [2.45, 2.75) is 52.7 Å². The molecular formula is C17H25NO4. The molecule has 1 rings (SSSR count). The third-order valence-electron chi connectivity index (χ3n) is 3.19. The van der Waals surface area contributed by atoms with Gasteiger partial charge in [0.15, 0.2) is 0 Å². The first-order valence-corrected chi connectivity index (χ1v) is 7.26. The lowest BCUT2D eigenvalue weighted by Crippen LogP contribution is -2.45. The van der Waals surface area contributed by atoms with Crippen molar-refractivity contribution in [2.75, 3.05) is 7.11 Å². The quantitative estimate of drug-likeness (QED) is 0.869. The largest absolute Gasteiger partial charge is 0.467 e. The lowest BCUT2D eigenvalue weighted by atomic mass is 10.0. The van der Waals surface area contributed by atoms with Crippen LogP contribution in [0.1, 0.15) is 37.5 Å². The molecule has 1 aromatic carbocycles. The molecule has 0 bridgehead atoms. The van der Waals surface area contributed by atoms with E-state index in [0.29, 0.717) is 6.42 Å². The SMILES string of the molecule is COC(=O)[C@H](Cc1ccc(C)c(C)c1)NC(=O)OC(C)(C)C. The molecule has 0 heterocycles. The van der Waals surface area contributed by atoms with Gasteiger partial charge in [-0.1, -0.05) is 18.2 Å². The van der Waals surface area contributed by atoms with Crippen molar-refractivity contribution < 1.29 is 19.1 Å². The fourth-order valence-corrected chi connectivity index (χ4v) is 1.95. The van der Waals surface area contributed by atoms with Gasteiger partial charge in [-0.3, -0.25) is 0 Å². The Kier molecular flexibility index (Phi) is 5.97. The summed E-state index contributed by atoms with van der Waals surface area (Å²) in [5, 5.41) is 2.57. The number of methoxy groups -OCH3 is 1. The maximum absolute atomic E-state index is 11.9. The van der Waals surface area contributed by atoms with Gasteiger partial charge in [0.1, 0.15) is 11.6 Å². The Balaban J connectivity index is 2.82. The first kappa shape index (κ1) is 18.0. The van der Waals surface area contributed by atoms with Gasteiger partial charge in [-0.2, -0.15) is 0 Å². The molecular weight excluding hydrogens is 282 g/mol. The van der Waals surface area contributed by atoms with Gasteiger partial charge in [-0.25, -0.2) is 9.59 Å². The topological polar surface area (TPSA) is 64.6 Å². The maximum Gasteiger partial charge on any atom is 0.408 e. The van der Waals surface area contributed by atoms with Crippen molar-refractivity contribution in [3.63, 3.8) is 0 Å². The van der Waals surface area contributed by atoms with Gasteiger partial charge >= 0.3 is 12.1 Å². The summed E-state index contributed by atoms with van der Waals surface area (Å²) in [6.45, 7) is 9.33. The summed E-state index contributed by atoms with van der Waals surface area (Å²) in [7, 11) is 1.30. The van der Waals surface area contributed by atoms with Gasteiger partial charge in [0.05, 0.1) is 7.11 Å². The summed E-state index contributed by atoms with van der Waals surface area (Å²) >= 11 is 0. The third-order valence-corrected chi connectivity index (χ3v) is 3.19. The second kappa shape index (κ2) is 7.29. The molecule has 0 unspecified atom stereocenters. The standard InChI is InChI=1S/C17H25NO4/c1-11-7-8-13(9-12(11)2)10-14(15(19)21-6)18-16(20)22-17(3,4)5/h7-9,14H,10H2,1-6H3,(H,18,20)/t14-/m0/s1. The number of carbonyl (C=O) groups excluding carboxylic acids is 2. The number of amides is 1. The van der Waals surface area contributed by atoms with Gasteiger partial charge in [-0.15, -0.1) is 0 Å². The number of benzene rings is 1. The van der Waals surface area contributed by atoms with Crippen molar-refractivity contribution in [3.8, 4) is 0 Å². The first-order valence-electron chi connectivity index (χ1n) is 7.26. The zero-order valence-electron chi connectivity index (χ0n) is 14.1. The number of alkyl carbamates (subject to hydrolysis) is 1. The Labute approximate surface area is 132 Å². The number of rotatable bonds is 4. The monoisotopic (exact) mass is 307 g/mol. The van der Waals surface area contributed by atoms with Crippen LogP contribution in [0.5, 0.6) is 0 Å². The van der Waals surface area contributed by atoms with E-state index in [1.807, 2.05) is 32.0 Å².